The van der Waals surface area contributed by atoms with Crippen LogP contribution >= 0.6 is 0 Å². The van der Waals surface area contributed by atoms with Crippen molar-refractivity contribution in [1.29, 1.82) is 0 Å². The third kappa shape index (κ3) is 3.25. The topological polar surface area (TPSA) is 96.2 Å². The Balaban J connectivity index is 1.96. The monoisotopic (exact) mass is 274 g/mol. The van der Waals surface area contributed by atoms with Gasteiger partial charge in [-0.2, -0.15) is 0 Å². The van der Waals surface area contributed by atoms with Crippen LogP contribution in [0.5, 0.6) is 0 Å². The van der Waals surface area contributed by atoms with E-state index in [4.69, 9.17) is 5.73 Å². The molecule has 2 aromatic rings. The zero-order valence-corrected chi connectivity index (χ0v) is 11.6. The lowest BCUT2D eigenvalue weighted by Gasteiger charge is -2.13. The molecule has 4 N–H and O–H groups in total. The van der Waals surface area contributed by atoms with Gasteiger partial charge in [0.25, 0.3) is 0 Å². The predicted octanol–water partition coefficient (Wildman–Crippen LogP) is 0.895. The fourth-order valence-electron chi connectivity index (χ4n) is 1.65. The van der Waals surface area contributed by atoms with Crippen molar-refractivity contribution in [3.05, 3.63) is 24.3 Å². The second-order valence-corrected chi connectivity index (χ2v) is 4.50. The summed E-state index contributed by atoms with van der Waals surface area (Å²) in [7, 11) is 3.38. The first-order chi connectivity index (χ1) is 9.58. The maximum Gasteiger partial charge on any atom is 0.316 e. The Kier molecular flexibility index (Phi) is 4.19. The number of para-hydroxylation sites is 2. The first-order valence-electron chi connectivity index (χ1n) is 6.29. The summed E-state index contributed by atoms with van der Waals surface area (Å²) in [6, 6.07) is 7.39. The fourth-order valence-corrected chi connectivity index (χ4v) is 1.65. The molecule has 0 unspecified atom stereocenters. The molecule has 7 heteroatoms. The molecule has 0 spiro atoms. The van der Waals surface area contributed by atoms with Gasteiger partial charge in [0.1, 0.15) is 0 Å². The van der Waals surface area contributed by atoms with Gasteiger partial charge in [0.2, 0.25) is 0 Å². The molecule has 0 radical (unpaired) electrons. The van der Waals surface area contributed by atoms with E-state index >= 15 is 0 Å². The van der Waals surface area contributed by atoms with Crippen LogP contribution in [-0.4, -0.2) is 48.1 Å². The maximum absolute atomic E-state index is 11.3. The van der Waals surface area contributed by atoms with Crippen molar-refractivity contribution < 1.29 is 4.79 Å². The van der Waals surface area contributed by atoms with Crippen molar-refractivity contribution >= 4 is 28.7 Å². The number of urea groups is 1. The number of rotatable bonds is 4. The molecule has 0 aliphatic heterocycles. The summed E-state index contributed by atoms with van der Waals surface area (Å²) in [6.07, 6.45) is 0. The highest BCUT2D eigenvalue weighted by atomic mass is 16.2. The Morgan fingerprint density at radius 3 is 2.50 bits per heavy atom. The summed E-state index contributed by atoms with van der Waals surface area (Å²) >= 11 is 0. The van der Waals surface area contributed by atoms with Gasteiger partial charge in [0, 0.05) is 27.2 Å². The maximum atomic E-state index is 11.3. The van der Waals surface area contributed by atoms with E-state index < -0.39 is 0 Å². The number of nitrogens with one attached hydrogen (secondary N) is 2. The number of amides is 2. The minimum absolute atomic E-state index is 0.135. The summed E-state index contributed by atoms with van der Waals surface area (Å²) in [5.74, 6) is 0.880. The van der Waals surface area contributed by atoms with Gasteiger partial charge in [-0.25, -0.2) is 14.8 Å². The van der Waals surface area contributed by atoms with Gasteiger partial charge in [-0.05, 0) is 12.1 Å². The minimum Gasteiger partial charge on any atom is -0.381 e. The summed E-state index contributed by atoms with van der Waals surface area (Å²) in [4.78, 5) is 21.5. The molecule has 7 nitrogen and oxygen atoms in total. The van der Waals surface area contributed by atoms with E-state index in [0.717, 1.165) is 11.0 Å². The summed E-state index contributed by atoms with van der Waals surface area (Å²) in [6.45, 7) is 1.00. The Morgan fingerprint density at radius 2 is 1.85 bits per heavy atom. The molecule has 0 aliphatic rings. The molecule has 0 aliphatic carbocycles. The van der Waals surface area contributed by atoms with Crippen LogP contribution in [0.25, 0.3) is 11.0 Å². The van der Waals surface area contributed by atoms with Crippen molar-refractivity contribution in [3.63, 3.8) is 0 Å². The number of carbonyl (C=O) groups is 1. The number of aromatic nitrogens is 2. The van der Waals surface area contributed by atoms with Crippen LogP contribution in [0.2, 0.25) is 0 Å². The molecule has 1 heterocycles. The first-order valence-corrected chi connectivity index (χ1v) is 6.29. The SMILES string of the molecule is CN(C)C(=O)NCCNc1nc2ccccc2nc1N. The van der Waals surface area contributed by atoms with Crippen LogP contribution in [0.3, 0.4) is 0 Å². The van der Waals surface area contributed by atoms with Crippen LogP contribution in [0.4, 0.5) is 16.4 Å². The number of benzene rings is 1. The molecule has 106 valence electrons. The predicted molar refractivity (Wildman–Crippen MR) is 79.5 cm³/mol. The van der Waals surface area contributed by atoms with Crippen molar-refractivity contribution in [2.45, 2.75) is 0 Å². The van der Waals surface area contributed by atoms with Crippen LogP contribution in [0.15, 0.2) is 24.3 Å². The quantitative estimate of drug-likeness (QED) is 0.720. The molecule has 2 rings (SSSR count). The lowest BCUT2D eigenvalue weighted by Crippen LogP contribution is -2.37. The highest BCUT2D eigenvalue weighted by Crippen LogP contribution is 2.17. The van der Waals surface area contributed by atoms with Gasteiger partial charge < -0.3 is 21.3 Å². The molecule has 2 amide bonds. The largest absolute Gasteiger partial charge is 0.381 e. The number of hydrogen-bond acceptors (Lipinski definition) is 5. The van der Waals surface area contributed by atoms with Crippen LogP contribution in [-0.2, 0) is 0 Å². The minimum atomic E-state index is -0.135. The standard InChI is InChI=1S/C13H18N6O/c1-19(2)13(20)16-8-7-15-12-11(14)17-9-5-3-4-6-10(9)18-12/h3-6H,7-8H2,1-2H3,(H2,14,17)(H,15,18)(H,16,20). The van der Waals surface area contributed by atoms with E-state index in [2.05, 4.69) is 20.6 Å². The molecule has 20 heavy (non-hydrogen) atoms. The van der Waals surface area contributed by atoms with E-state index in [9.17, 15) is 4.79 Å². The first kappa shape index (κ1) is 13.9. The second-order valence-electron chi connectivity index (χ2n) is 4.50. The highest BCUT2D eigenvalue weighted by molar-refractivity contribution is 5.79. The number of nitrogens with two attached hydrogens (primary N) is 1. The smallest absolute Gasteiger partial charge is 0.316 e. The zero-order valence-electron chi connectivity index (χ0n) is 11.6. The van der Waals surface area contributed by atoms with E-state index in [1.165, 1.54) is 4.90 Å². The average Bonchev–Trinajstić information content (AvgIpc) is 2.43. The van der Waals surface area contributed by atoms with Gasteiger partial charge in [0.05, 0.1) is 11.0 Å². The summed E-state index contributed by atoms with van der Waals surface area (Å²) < 4.78 is 0. The number of nitrogens with zero attached hydrogens (tertiary/aromatic N) is 3. The zero-order chi connectivity index (χ0) is 14.5. The number of carbonyl (C=O) groups excluding carboxylic acids is 1. The Bertz CT molecular complexity index is 613. The molecule has 0 atom stereocenters. The Morgan fingerprint density at radius 1 is 1.20 bits per heavy atom. The molecule has 0 fully saturated rings. The van der Waals surface area contributed by atoms with E-state index in [1.54, 1.807) is 14.1 Å². The van der Waals surface area contributed by atoms with Crippen molar-refractivity contribution in [2.75, 3.05) is 38.2 Å². The van der Waals surface area contributed by atoms with E-state index in [-0.39, 0.29) is 6.03 Å². The average molecular weight is 274 g/mol. The van der Waals surface area contributed by atoms with E-state index in [0.29, 0.717) is 24.7 Å². The summed E-state index contributed by atoms with van der Waals surface area (Å²) in [5.41, 5.74) is 7.39. The Hall–Kier alpha value is -2.57. The normalized spacial score (nSPS) is 10.3. The van der Waals surface area contributed by atoms with Crippen molar-refractivity contribution in [2.24, 2.45) is 0 Å². The molecular formula is C13H18N6O. The third-order valence-electron chi connectivity index (χ3n) is 2.70. The van der Waals surface area contributed by atoms with Gasteiger partial charge in [-0.3, -0.25) is 0 Å². The van der Waals surface area contributed by atoms with Crippen molar-refractivity contribution in [1.82, 2.24) is 20.2 Å². The van der Waals surface area contributed by atoms with Crippen LogP contribution in [0.1, 0.15) is 0 Å². The molecule has 0 saturated heterocycles. The lowest BCUT2D eigenvalue weighted by atomic mass is 10.3. The van der Waals surface area contributed by atoms with Crippen LogP contribution < -0.4 is 16.4 Å². The lowest BCUT2D eigenvalue weighted by molar-refractivity contribution is 0.218. The Labute approximate surface area is 117 Å². The summed E-state index contributed by atoms with van der Waals surface area (Å²) in [5, 5.41) is 5.81. The molecule has 1 aromatic carbocycles. The van der Waals surface area contributed by atoms with Gasteiger partial charge in [-0.15, -0.1) is 0 Å². The van der Waals surface area contributed by atoms with Crippen molar-refractivity contribution in [3.8, 4) is 0 Å². The van der Waals surface area contributed by atoms with Gasteiger partial charge in [0.15, 0.2) is 11.6 Å². The fraction of sp³-hybridized carbons (Fsp3) is 0.308. The number of hydrogen-bond donors (Lipinski definition) is 3. The van der Waals surface area contributed by atoms with Crippen LogP contribution in [0, 0.1) is 0 Å². The number of fused-ring (bicyclic) bond motifs is 1. The molecular weight excluding hydrogens is 256 g/mol. The molecule has 0 bridgehead atoms. The highest BCUT2D eigenvalue weighted by Gasteiger charge is 2.05. The third-order valence-corrected chi connectivity index (χ3v) is 2.70. The molecule has 1 aromatic heterocycles. The van der Waals surface area contributed by atoms with Gasteiger partial charge in [-0.1, -0.05) is 12.1 Å². The van der Waals surface area contributed by atoms with Gasteiger partial charge >= 0.3 is 6.03 Å². The number of anilines is 2. The molecule has 0 saturated carbocycles. The van der Waals surface area contributed by atoms with E-state index in [1.807, 2.05) is 24.3 Å². The second kappa shape index (κ2) is 6.05. The number of nitrogen functional groups attached to an aromatic ring is 1.